The Hall–Kier alpha value is -1.21. The molecule has 0 saturated carbocycles. The van der Waals surface area contributed by atoms with Gasteiger partial charge >= 0.3 is 5.97 Å². The second kappa shape index (κ2) is 5.92. The predicted octanol–water partition coefficient (Wildman–Crippen LogP) is -0.502. The number of amides is 1. The van der Waals surface area contributed by atoms with Gasteiger partial charge in [0.15, 0.2) is 5.11 Å². The van der Waals surface area contributed by atoms with Crippen LogP contribution >= 0.6 is 12.2 Å². The summed E-state index contributed by atoms with van der Waals surface area (Å²) >= 11 is 5.01. The van der Waals surface area contributed by atoms with Crippen molar-refractivity contribution in [3.63, 3.8) is 0 Å². The fraction of sp³-hybridized carbons (Fsp3) is 0.700. The van der Waals surface area contributed by atoms with Crippen molar-refractivity contribution >= 4 is 29.2 Å². The molecule has 1 aliphatic heterocycles. The highest BCUT2D eigenvalue weighted by Gasteiger charge is 2.36. The third-order valence-corrected chi connectivity index (χ3v) is 2.81. The van der Waals surface area contributed by atoms with Crippen molar-refractivity contribution in [2.45, 2.75) is 18.9 Å². The molecule has 1 heterocycles. The molecule has 0 aromatic carbocycles. The molecule has 0 spiro atoms. The number of thiocarbonyl (C=S) groups is 1. The maximum atomic E-state index is 11.8. The molecule has 0 radical (unpaired) electrons. The molecule has 7 heteroatoms. The largest absolute Gasteiger partial charge is 0.481 e. The molecular weight excluding hydrogens is 242 g/mol. The van der Waals surface area contributed by atoms with Gasteiger partial charge in [0.1, 0.15) is 6.04 Å². The van der Waals surface area contributed by atoms with Crippen LogP contribution in [0.3, 0.4) is 0 Å². The minimum absolute atomic E-state index is 0.233. The molecule has 0 bridgehead atoms. The normalized spacial score (nSPS) is 19.9. The zero-order valence-electron chi connectivity index (χ0n) is 9.97. The highest BCUT2D eigenvalue weighted by Crippen LogP contribution is 2.10. The lowest BCUT2D eigenvalue weighted by Crippen LogP contribution is -2.34. The summed E-state index contributed by atoms with van der Waals surface area (Å²) in [6.45, 7) is 1.38. The Balaban J connectivity index is 2.48. The maximum Gasteiger partial charge on any atom is 0.305 e. The van der Waals surface area contributed by atoms with Gasteiger partial charge in [0, 0.05) is 6.54 Å². The van der Waals surface area contributed by atoms with Gasteiger partial charge in [-0.2, -0.15) is 0 Å². The predicted molar refractivity (Wildman–Crippen MR) is 66.7 cm³/mol. The Bertz CT molecular complexity index is 333. The first-order valence-electron chi connectivity index (χ1n) is 5.40. The number of carboxylic acid groups (broad SMARTS) is 1. The van der Waals surface area contributed by atoms with Gasteiger partial charge in [0.25, 0.3) is 5.91 Å². The maximum absolute atomic E-state index is 11.8. The second-order valence-corrected chi connectivity index (χ2v) is 4.63. The van der Waals surface area contributed by atoms with E-state index in [1.54, 1.807) is 0 Å². The van der Waals surface area contributed by atoms with Crippen LogP contribution in [0.1, 0.15) is 12.8 Å². The van der Waals surface area contributed by atoms with Crippen molar-refractivity contribution < 1.29 is 14.7 Å². The lowest BCUT2D eigenvalue weighted by atomic mass is 10.2. The number of aliphatic carboxylic acids is 1. The van der Waals surface area contributed by atoms with E-state index in [-0.39, 0.29) is 12.3 Å². The molecule has 1 saturated heterocycles. The van der Waals surface area contributed by atoms with E-state index < -0.39 is 12.0 Å². The van der Waals surface area contributed by atoms with Crippen LogP contribution in [0.25, 0.3) is 0 Å². The molecule has 1 aliphatic rings. The molecule has 1 rings (SSSR count). The number of carbonyl (C=O) groups excluding carboxylic acids is 1. The average Bonchev–Trinajstić information content (AvgIpc) is 2.44. The molecule has 6 nitrogen and oxygen atoms in total. The molecule has 0 aromatic heterocycles. The molecule has 1 amide bonds. The number of carboxylic acids is 1. The van der Waals surface area contributed by atoms with Crippen LogP contribution in [0, 0.1) is 0 Å². The topological polar surface area (TPSA) is 72.9 Å². The van der Waals surface area contributed by atoms with Gasteiger partial charge in [0.2, 0.25) is 0 Å². The SMILES string of the molecule is CN(C)CCCN1C(=O)C(CC(=O)O)NC1=S. The summed E-state index contributed by atoms with van der Waals surface area (Å²) in [7, 11) is 3.91. The van der Waals surface area contributed by atoms with Gasteiger partial charge in [-0.1, -0.05) is 0 Å². The number of carbonyl (C=O) groups is 2. The minimum Gasteiger partial charge on any atom is -0.481 e. The summed E-state index contributed by atoms with van der Waals surface area (Å²) in [6, 6.07) is -0.709. The first-order valence-corrected chi connectivity index (χ1v) is 5.81. The summed E-state index contributed by atoms with van der Waals surface area (Å²) in [5.41, 5.74) is 0. The van der Waals surface area contributed by atoms with Crippen LogP contribution in [-0.2, 0) is 9.59 Å². The van der Waals surface area contributed by atoms with E-state index in [1.807, 2.05) is 19.0 Å². The number of rotatable bonds is 6. The monoisotopic (exact) mass is 259 g/mol. The Morgan fingerprint density at radius 2 is 2.24 bits per heavy atom. The quantitative estimate of drug-likeness (QED) is 0.626. The van der Waals surface area contributed by atoms with Crippen molar-refractivity contribution in [2.75, 3.05) is 27.2 Å². The number of hydrogen-bond acceptors (Lipinski definition) is 4. The molecule has 0 aromatic rings. The first-order chi connectivity index (χ1) is 7.91. The standard InChI is InChI=1S/C10H17N3O3S/c1-12(2)4-3-5-13-9(16)7(6-8(14)15)11-10(13)17/h7H,3-6H2,1-2H3,(H,11,17)(H,14,15). The van der Waals surface area contributed by atoms with E-state index >= 15 is 0 Å². The minimum atomic E-state index is -1.01. The van der Waals surface area contributed by atoms with E-state index in [4.69, 9.17) is 17.3 Å². The zero-order chi connectivity index (χ0) is 13.0. The molecule has 17 heavy (non-hydrogen) atoms. The Morgan fingerprint density at radius 1 is 1.59 bits per heavy atom. The van der Waals surface area contributed by atoms with Crippen molar-refractivity contribution in [1.29, 1.82) is 0 Å². The highest BCUT2D eigenvalue weighted by atomic mass is 32.1. The summed E-state index contributed by atoms with van der Waals surface area (Å²) in [5, 5.41) is 11.7. The summed E-state index contributed by atoms with van der Waals surface area (Å²) in [6.07, 6.45) is 0.573. The van der Waals surface area contributed by atoms with Crippen molar-refractivity contribution in [1.82, 2.24) is 15.1 Å². The van der Waals surface area contributed by atoms with E-state index in [9.17, 15) is 9.59 Å². The van der Waals surface area contributed by atoms with E-state index in [0.717, 1.165) is 13.0 Å². The highest BCUT2D eigenvalue weighted by molar-refractivity contribution is 7.80. The van der Waals surface area contributed by atoms with Gasteiger partial charge in [-0.15, -0.1) is 0 Å². The van der Waals surface area contributed by atoms with Crippen LogP contribution in [0.5, 0.6) is 0 Å². The number of nitrogens with one attached hydrogen (secondary N) is 1. The van der Waals surface area contributed by atoms with Crippen LogP contribution < -0.4 is 5.32 Å². The molecule has 2 N–H and O–H groups in total. The summed E-state index contributed by atoms with van der Waals surface area (Å²) < 4.78 is 0. The molecule has 1 fully saturated rings. The molecule has 1 unspecified atom stereocenters. The third-order valence-electron chi connectivity index (χ3n) is 2.47. The van der Waals surface area contributed by atoms with Crippen LogP contribution in [0.15, 0.2) is 0 Å². The van der Waals surface area contributed by atoms with E-state index in [1.165, 1.54) is 4.90 Å². The van der Waals surface area contributed by atoms with Crippen molar-refractivity contribution in [2.24, 2.45) is 0 Å². The van der Waals surface area contributed by atoms with Gasteiger partial charge in [-0.3, -0.25) is 14.5 Å². The fourth-order valence-corrected chi connectivity index (χ4v) is 1.97. The van der Waals surface area contributed by atoms with Gasteiger partial charge in [-0.05, 0) is 39.3 Å². The van der Waals surface area contributed by atoms with Crippen LogP contribution in [0.2, 0.25) is 0 Å². The lowest BCUT2D eigenvalue weighted by molar-refractivity contribution is -0.140. The van der Waals surface area contributed by atoms with Gasteiger partial charge in [-0.25, -0.2) is 0 Å². The summed E-state index contributed by atoms with van der Waals surface area (Å²) in [5.74, 6) is -1.25. The molecule has 1 atom stereocenters. The van der Waals surface area contributed by atoms with Crippen LogP contribution in [0.4, 0.5) is 0 Å². The number of nitrogens with zero attached hydrogens (tertiary/aromatic N) is 2. The Kier molecular flexibility index (Phi) is 4.83. The fourth-order valence-electron chi connectivity index (χ4n) is 1.65. The molecular formula is C10H17N3O3S. The smallest absolute Gasteiger partial charge is 0.305 e. The van der Waals surface area contributed by atoms with Crippen molar-refractivity contribution in [3.8, 4) is 0 Å². The van der Waals surface area contributed by atoms with E-state index in [2.05, 4.69) is 5.32 Å². The molecule has 96 valence electrons. The summed E-state index contributed by atoms with van der Waals surface area (Å²) in [4.78, 5) is 25.9. The van der Waals surface area contributed by atoms with Crippen molar-refractivity contribution in [3.05, 3.63) is 0 Å². The third kappa shape index (κ3) is 3.94. The second-order valence-electron chi connectivity index (χ2n) is 4.25. The first kappa shape index (κ1) is 13.9. The van der Waals surface area contributed by atoms with E-state index in [0.29, 0.717) is 11.7 Å². The number of hydrogen-bond donors (Lipinski definition) is 2. The Morgan fingerprint density at radius 3 is 2.76 bits per heavy atom. The van der Waals surface area contributed by atoms with Crippen LogP contribution in [-0.4, -0.2) is 65.1 Å². The zero-order valence-corrected chi connectivity index (χ0v) is 10.8. The molecule has 0 aliphatic carbocycles. The van der Waals surface area contributed by atoms with Gasteiger partial charge < -0.3 is 15.3 Å². The van der Waals surface area contributed by atoms with Gasteiger partial charge in [0.05, 0.1) is 6.42 Å². The average molecular weight is 259 g/mol. The Labute approximate surface area is 106 Å². The lowest BCUT2D eigenvalue weighted by Gasteiger charge is -2.16.